The van der Waals surface area contributed by atoms with Crippen LogP contribution in [-0.2, 0) is 0 Å². The maximum atomic E-state index is 4.19. The zero-order valence-corrected chi connectivity index (χ0v) is 8.40. The molecule has 0 bridgehead atoms. The van der Waals surface area contributed by atoms with Crippen LogP contribution in [0, 0.1) is 0 Å². The molecule has 0 aromatic carbocycles. The molecule has 1 nitrogen and oxygen atoms in total. The van der Waals surface area contributed by atoms with Gasteiger partial charge in [-0.1, -0.05) is 11.3 Å². The monoisotopic (exact) mass is 155 g/mol. The lowest BCUT2D eigenvalue weighted by Crippen LogP contribution is -2.01. The van der Waals surface area contributed by atoms with Crippen molar-refractivity contribution in [3.63, 3.8) is 0 Å². The van der Waals surface area contributed by atoms with E-state index in [-0.39, 0.29) is 0 Å². The fraction of sp³-hybridized carbons (Fsp3) is 0.167. The van der Waals surface area contributed by atoms with Gasteiger partial charge in [-0.05, 0) is 12.3 Å². The minimum Gasteiger partial charge on any atom is -0.250 e. The number of thioether (sulfide) groups is 1. The highest BCUT2D eigenvalue weighted by molar-refractivity contribution is 7.98. The minimum absolute atomic E-state index is 1.10. The van der Waals surface area contributed by atoms with Crippen LogP contribution in [0.25, 0.3) is 0 Å². The molecule has 0 aliphatic heterocycles. The lowest BCUT2D eigenvalue weighted by molar-refractivity contribution is 1.15. The van der Waals surface area contributed by atoms with Gasteiger partial charge in [0.05, 0.1) is 5.03 Å². The molecule has 1 aromatic rings. The first kappa shape index (κ1) is 6.83. The Labute approximate surface area is 62.3 Å². The van der Waals surface area contributed by atoms with Gasteiger partial charge in [0.2, 0.25) is 0 Å². The van der Waals surface area contributed by atoms with Crippen molar-refractivity contribution in [1.29, 1.82) is 0 Å². The Morgan fingerprint density at radius 3 is 2.78 bits per heavy atom. The van der Waals surface area contributed by atoms with Gasteiger partial charge in [0, 0.05) is 16.4 Å². The van der Waals surface area contributed by atoms with Crippen LogP contribution in [0.4, 0.5) is 0 Å². The van der Waals surface area contributed by atoms with E-state index in [4.69, 9.17) is 0 Å². The number of rotatable bonds is 1. The molecule has 0 fully saturated rings. The van der Waals surface area contributed by atoms with Crippen molar-refractivity contribution in [2.75, 3.05) is 6.26 Å². The van der Waals surface area contributed by atoms with E-state index >= 15 is 0 Å². The average Bonchev–Trinajstić information content (AvgIpc) is 1.90. The first-order chi connectivity index (χ1) is 4.33. The third-order valence-electron chi connectivity index (χ3n) is 1.09. The van der Waals surface area contributed by atoms with Gasteiger partial charge < -0.3 is 0 Å². The van der Waals surface area contributed by atoms with E-state index in [0.29, 0.717) is 0 Å². The molecule has 0 amide bonds. The molecule has 1 heterocycles. The second-order valence-corrected chi connectivity index (χ2v) is 3.86. The summed E-state index contributed by atoms with van der Waals surface area (Å²) in [5.74, 6) is 0. The Hall–Kier alpha value is -0.283. The second-order valence-electron chi connectivity index (χ2n) is 1.88. The molecule has 0 unspecified atom stereocenters. The Kier molecular flexibility index (Phi) is 2.30. The van der Waals surface area contributed by atoms with Crippen molar-refractivity contribution in [2.24, 2.45) is 0 Å². The summed E-state index contributed by atoms with van der Waals surface area (Å²) in [6, 6.07) is 4.19. The quantitative estimate of drug-likeness (QED) is 0.411. The molecule has 1 rings (SSSR count). The zero-order valence-electron chi connectivity index (χ0n) is 5.59. The molecule has 0 spiro atoms. The Morgan fingerprint density at radius 2 is 2.33 bits per heavy atom. The highest BCUT2D eigenvalue weighted by Crippen LogP contribution is 2.06. The first-order valence-electron chi connectivity index (χ1n) is 2.79. The molecule has 48 valence electrons. The number of aromatic nitrogens is 1. The SMILES string of the molecule is CSc1ccc([SiH3])cn1. The Morgan fingerprint density at radius 1 is 1.56 bits per heavy atom. The standard InChI is InChI=1S/C6H9NSSi/c1-8-6-3-2-5(9)4-7-6/h2-4H,1,9H3. The maximum Gasteiger partial charge on any atom is 0.0956 e. The highest BCUT2D eigenvalue weighted by atomic mass is 32.2. The molecule has 0 saturated heterocycles. The number of nitrogens with zero attached hydrogens (tertiary/aromatic N) is 1. The molecule has 0 N–H and O–H groups in total. The summed E-state index contributed by atoms with van der Waals surface area (Å²) in [6.07, 6.45) is 3.98. The zero-order chi connectivity index (χ0) is 6.69. The minimum atomic E-state index is 1.10. The highest BCUT2D eigenvalue weighted by Gasteiger charge is 1.86. The van der Waals surface area contributed by atoms with Crippen LogP contribution in [0.15, 0.2) is 23.4 Å². The van der Waals surface area contributed by atoms with Gasteiger partial charge in [-0.3, -0.25) is 4.98 Å². The molecule has 3 heteroatoms. The van der Waals surface area contributed by atoms with E-state index < -0.39 is 0 Å². The third-order valence-corrected chi connectivity index (χ3v) is 2.34. The van der Waals surface area contributed by atoms with Crippen LogP contribution in [0.1, 0.15) is 0 Å². The summed E-state index contributed by atoms with van der Waals surface area (Å²) in [4.78, 5) is 4.19. The molecule has 0 saturated carbocycles. The number of hydrogen-bond donors (Lipinski definition) is 0. The molecular formula is C6H9NSSi. The fourth-order valence-corrected chi connectivity index (χ4v) is 1.23. The summed E-state index contributed by atoms with van der Waals surface area (Å²) in [7, 11) is 1.10. The van der Waals surface area contributed by atoms with Gasteiger partial charge in [0.15, 0.2) is 0 Å². The summed E-state index contributed by atoms with van der Waals surface area (Å²) in [5, 5.41) is 2.46. The molecular weight excluding hydrogens is 146 g/mol. The molecule has 0 radical (unpaired) electrons. The van der Waals surface area contributed by atoms with Crippen LogP contribution in [-0.4, -0.2) is 21.5 Å². The van der Waals surface area contributed by atoms with Gasteiger partial charge >= 0.3 is 0 Å². The molecule has 0 atom stereocenters. The largest absolute Gasteiger partial charge is 0.250 e. The number of hydrogen-bond acceptors (Lipinski definition) is 2. The van der Waals surface area contributed by atoms with Crippen molar-refractivity contribution in [3.8, 4) is 0 Å². The summed E-state index contributed by atoms with van der Waals surface area (Å²) >= 11 is 1.68. The molecule has 1 aromatic heterocycles. The first-order valence-corrected chi connectivity index (χ1v) is 5.02. The lowest BCUT2D eigenvalue weighted by atomic mass is 10.5. The van der Waals surface area contributed by atoms with E-state index in [1.54, 1.807) is 11.8 Å². The van der Waals surface area contributed by atoms with Crippen molar-refractivity contribution < 1.29 is 0 Å². The maximum absolute atomic E-state index is 4.19. The van der Waals surface area contributed by atoms with Crippen LogP contribution >= 0.6 is 11.8 Å². The summed E-state index contributed by atoms with van der Waals surface area (Å²) in [5.41, 5.74) is 0. The molecule has 0 aliphatic rings. The van der Waals surface area contributed by atoms with E-state index in [1.807, 2.05) is 12.5 Å². The topological polar surface area (TPSA) is 12.9 Å². The van der Waals surface area contributed by atoms with E-state index in [9.17, 15) is 0 Å². The molecule has 0 aliphatic carbocycles. The predicted octanol–water partition coefficient (Wildman–Crippen LogP) is -0.206. The van der Waals surface area contributed by atoms with Gasteiger partial charge in [-0.25, -0.2) is 0 Å². The summed E-state index contributed by atoms with van der Waals surface area (Å²) in [6.45, 7) is 0. The Balaban J connectivity index is 2.88. The van der Waals surface area contributed by atoms with Gasteiger partial charge in [-0.15, -0.1) is 11.8 Å². The van der Waals surface area contributed by atoms with Crippen LogP contribution in [0.3, 0.4) is 0 Å². The lowest BCUT2D eigenvalue weighted by Gasteiger charge is -1.93. The predicted molar refractivity (Wildman–Crippen MR) is 45.6 cm³/mol. The van der Waals surface area contributed by atoms with Crippen molar-refractivity contribution in [3.05, 3.63) is 18.3 Å². The Bertz CT molecular complexity index is 185. The van der Waals surface area contributed by atoms with Crippen LogP contribution in [0.5, 0.6) is 0 Å². The van der Waals surface area contributed by atoms with Gasteiger partial charge in [-0.2, -0.15) is 0 Å². The van der Waals surface area contributed by atoms with E-state index in [0.717, 1.165) is 15.3 Å². The van der Waals surface area contributed by atoms with E-state index in [1.165, 1.54) is 5.19 Å². The van der Waals surface area contributed by atoms with Crippen molar-refractivity contribution >= 4 is 27.2 Å². The normalized spacial score (nSPS) is 9.89. The van der Waals surface area contributed by atoms with Gasteiger partial charge in [0.25, 0.3) is 0 Å². The van der Waals surface area contributed by atoms with Crippen LogP contribution < -0.4 is 5.19 Å². The smallest absolute Gasteiger partial charge is 0.0956 e. The molecule has 9 heavy (non-hydrogen) atoms. The number of pyridine rings is 1. The third kappa shape index (κ3) is 1.84. The van der Waals surface area contributed by atoms with Crippen LogP contribution in [0.2, 0.25) is 0 Å². The average molecular weight is 155 g/mol. The van der Waals surface area contributed by atoms with Gasteiger partial charge in [0.1, 0.15) is 0 Å². The van der Waals surface area contributed by atoms with Crippen molar-refractivity contribution in [1.82, 2.24) is 4.98 Å². The second kappa shape index (κ2) is 3.03. The summed E-state index contributed by atoms with van der Waals surface area (Å²) < 4.78 is 0. The van der Waals surface area contributed by atoms with Crippen molar-refractivity contribution in [2.45, 2.75) is 5.03 Å². The van der Waals surface area contributed by atoms with E-state index in [2.05, 4.69) is 17.1 Å². The fourth-order valence-electron chi connectivity index (χ4n) is 0.575.